The molecule has 0 spiro atoms. The van der Waals surface area contributed by atoms with Gasteiger partial charge in [-0.15, -0.1) is 10.2 Å². The zero-order valence-corrected chi connectivity index (χ0v) is 15.5. The van der Waals surface area contributed by atoms with Crippen molar-refractivity contribution in [3.05, 3.63) is 54.6 Å². The molecule has 4 rings (SSSR count). The molecule has 0 radical (unpaired) electrons. The van der Waals surface area contributed by atoms with Crippen LogP contribution in [0.4, 0.5) is 5.82 Å². The average Bonchev–Trinajstić information content (AvgIpc) is 3.05. The number of nitrogens with zero attached hydrogens (tertiary/aromatic N) is 4. The van der Waals surface area contributed by atoms with Gasteiger partial charge in [0.25, 0.3) is 0 Å². The van der Waals surface area contributed by atoms with E-state index in [9.17, 15) is 9.59 Å². The smallest absolute Gasteiger partial charge is 0.328 e. The van der Waals surface area contributed by atoms with Gasteiger partial charge in [-0.1, -0.05) is 30.3 Å². The van der Waals surface area contributed by atoms with Crippen LogP contribution in [0.2, 0.25) is 0 Å². The van der Waals surface area contributed by atoms with Gasteiger partial charge < -0.3 is 20.0 Å². The highest BCUT2D eigenvalue weighted by molar-refractivity contribution is 5.89. The number of benzene rings is 1. The molecule has 1 aromatic carbocycles. The Morgan fingerprint density at radius 3 is 2.14 bits per heavy atom. The second kappa shape index (κ2) is 8.62. The maximum Gasteiger partial charge on any atom is 0.328 e. The van der Waals surface area contributed by atoms with Gasteiger partial charge in [0, 0.05) is 49.3 Å². The minimum Gasteiger partial charge on any atom is -0.478 e. The third-order valence-corrected chi connectivity index (χ3v) is 4.91. The van der Waals surface area contributed by atoms with Gasteiger partial charge in [0.15, 0.2) is 5.82 Å². The highest BCUT2D eigenvalue weighted by Gasteiger charge is 2.43. The Morgan fingerprint density at radius 1 is 0.964 bits per heavy atom. The summed E-state index contributed by atoms with van der Waals surface area (Å²) in [5, 5.41) is 24.4. The maximum absolute atomic E-state index is 9.55. The predicted molar refractivity (Wildman–Crippen MR) is 104 cm³/mol. The predicted octanol–water partition coefficient (Wildman–Crippen LogP) is 1.61. The number of likely N-dealkylation sites (N-methyl/N-ethyl adjacent to an activating group) is 1. The Hall–Kier alpha value is -3.26. The highest BCUT2D eigenvalue weighted by atomic mass is 16.4. The minimum atomic E-state index is -1.26. The fourth-order valence-corrected chi connectivity index (χ4v) is 3.49. The molecule has 0 bridgehead atoms. The number of aromatic nitrogens is 2. The summed E-state index contributed by atoms with van der Waals surface area (Å²) in [5.41, 5.74) is 2.06. The number of carboxylic acid groups (broad SMARTS) is 2. The van der Waals surface area contributed by atoms with E-state index in [4.69, 9.17) is 10.2 Å². The molecule has 2 unspecified atom stereocenters. The molecule has 8 nitrogen and oxygen atoms in total. The summed E-state index contributed by atoms with van der Waals surface area (Å²) < 4.78 is 0. The lowest BCUT2D eigenvalue weighted by atomic mass is 9.93. The number of hydrogen-bond acceptors (Lipinski definition) is 6. The van der Waals surface area contributed by atoms with Crippen LogP contribution in [0.5, 0.6) is 0 Å². The van der Waals surface area contributed by atoms with E-state index < -0.39 is 11.9 Å². The highest BCUT2D eigenvalue weighted by Crippen LogP contribution is 2.32. The first-order valence-corrected chi connectivity index (χ1v) is 8.92. The lowest BCUT2D eigenvalue weighted by molar-refractivity contribution is -0.134. The molecule has 2 N–H and O–H groups in total. The molecule has 0 saturated carbocycles. The van der Waals surface area contributed by atoms with Gasteiger partial charge in [-0.25, -0.2) is 9.59 Å². The van der Waals surface area contributed by atoms with Gasteiger partial charge in [0.05, 0.1) is 5.69 Å². The molecule has 0 amide bonds. The number of aliphatic carboxylic acids is 2. The second-order valence-corrected chi connectivity index (χ2v) is 6.82. The molecular formula is C20H22N4O4. The molecule has 8 heteroatoms. The third-order valence-electron chi connectivity index (χ3n) is 4.91. The molecule has 2 aliphatic rings. The van der Waals surface area contributed by atoms with Crippen molar-refractivity contribution in [1.29, 1.82) is 0 Å². The van der Waals surface area contributed by atoms with Gasteiger partial charge in [0.2, 0.25) is 0 Å². The first-order valence-electron chi connectivity index (χ1n) is 8.92. The summed E-state index contributed by atoms with van der Waals surface area (Å²) >= 11 is 0. The number of anilines is 1. The van der Waals surface area contributed by atoms with E-state index in [2.05, 4.69) is 51.3 Å². The molecule has 146 valence electrons. The standard InChI is InChI=1S/C16H18N4.C4H4O4/c1-19-9-13-10-20(11-15(13)19)16-8-7-14(17-18-16)12-5-3-2-4-6-12;5-3(6)1-2-4(7)8/h2-8,13,15H,9-11H2,1H3;1-2H,(H,5,6)(H,7,8). The van der Waals surface area contributed by atoms with Crippen LogP contribution in [0.3, 0.4) is 0 Å². The second-order valence-electron chi connectivity index (χ2n) is 6.82. The van der Waals surface area contributed by atoms with E-state index in [0.717, 1.165) is 36.1 Å². The van der Waals surface area contributed by atoms with Crippen LogP contribution in [-0.4, -0.2) is 70.0 Å². The Morgan fingerprint density at radius 2 is 1.64 bits per heavy atom. The lowest BCUT2D eigenvalue weighted by Crippen LogP contribution is -2.52. The summed E-state index contributed by atoms with van der Waals surface area (Å²) in [4.78, 5) is 23.9. The van der Waals surface area contributed by atoms with Crippen LogP contribution in [0.25, 0.3) is 11.3 Å². The van der Waals surface area contributed by atoms with Crippen LogP contribution < -0.4 is 4.90 Å². The van der Waals surface area contributed by atoms with E-state index in [1.165, 1.54) is 6.54 Å². The number of carboxylic acids is 2. The molecule has 0 aliphatic carbocycles. The normalized spacial score (nSPS) is 20.8. The summed E-state index contributed by atoms with van der Waals surface area (Å²) in [6.45, 7) is 3.42. The first kappa shape index (κ1) is 19.5. The molecule has 28 heavy (non-hydrogen) atoms. The van der Waals surface area contributed by atoms with Crippen molar-refractivity contribution in [2.75, 3.05) is 31.6 Å². The van der Waals surface area contributed by atoms with Gasteiger partial charge in [-0.2, -0.15) is 0 Å². The first-order chi connectivity index (χ1) is 13.4. The van der Waals surface area contributed by atoms with Crippen LogP contribution in [0, 0.1) is 5.92 Å². The van der Waals surface area contributed by atoms with Crippen LogP contribution in [0.15, 0.2) is 54.6 Å². The van der Waals surface area contributed by atoms with Crippen molar-refractivity contribution in [3.8, 4) is 11.3 Å². The molecule has 2 saturated heterocycles. The van der Waals surface area contributed by atoms with E-state index in [1.54, 1.807) is 0 Å². The van der Waals surface area contributed by atoms with Gasteiger partial charge >= 0.3 is 11.9 Å². The third kappa shape index (κ3) is 4.72. The Kier molecular flexibility index (Phi) is 6.00. The molecule has 1 aromatic heterocycles. The van der Waals surface area contributed by atoms with Crippen LogP contribution in [-0.2, 0) is 9.59 Å². The molecule has 2 aliphatic heterocycles. The minimum absolute atomic E-state index is 0.558. The van der Waals surface area contributed by atoms with Crippen LogP contribution in [0.1, 0.15) is 0 Å². The van der Waals surface area contributed by atoms with Crippen LogP contribution >= 0.6 is 0 Å². The summed E-state index contributed by atoms with van der Waals surface area (Å²) in [6.07, 6.45) is 1.12. The number of likely N-dealkylation sites (tertiary alicyclic amines) is 1. The summed E-state index contributed by atoms with van der Waals surface area (Å²) in [6, 6.07) is 15.1. The number of carbonyl (C=O) groups is 2. The molecule has 2 atom stereocenters. The van der Waals surface area contributed by atoms with E-state index in [1.807, 2.05) is 18.2 Å². The zero-order chi connectivity index (χ0) is 20.1. The van der Waals surface area contributed by atoms with E-state index in [0.29, 0.717) is 18.2 Å². The molecular weight excluding hydrogens is 360 g/mol. The summed E-state index contributed by atoms with van der Waals surface area (Å²) in [5.74, 6) is -0.692. The number of rotatable bonds is 4. The van der Waals surface area contributed by atoms with E-state index in [-0.39, 0.29) is 0 Å². The van der Waals surface area contributed by atoms with Crippen molar-refractivity contribution < 1.29 is 19.8 Å². The molecule has 2 aromatic rings. The summed E-state index contributed by atoms with van der Waals surface area (Å²) in [7, 11) is 2.20. The fraction of sp³-hybridized carbons (Fsp3) is 0.300. The zero-order valence-electron chi connectivity index (χ0n) is 15.5. The largest absolute Gasteiger partial charge is 0.478 e. The Balaban J connectivity index is 0.000000242. The monoisotopic (exact) mass is 382 g/mol. The Bertz CT molecular complexity index is 838. The number of fused-ring (bicyclic) bond motifs is 1. The van der Waals surface area contributed by atoms with Crippen molar-refractivity contribution in [3.63, 3.8) is 0 Å². The van der Waals surface area contributed by atoms with Gasteiger partial charge in [-0.3, -0.25) is 0 Å². The molecule has 3 heterocycles. The topological polar surface area (TPSA) is 107 Å². The average molecular weight is 382 g/mol. The number of hydrogen-bond donors (Lipinski definition) is 2. The van der Waals surface area contributed by atoms with Gasteiger partial charge in [-0.05, 0) is 19.2 Å². The van der Waals surface area contributed by atoms with Crippen molar-refractivity contribution in [2.24, 2.45) is 5.92 Å². The van der Waals surface area contributed by atoms with Crippen molar-refractivity contribution >= 4 is 17.8 Å². The van der Waals surface area contributed by atoms with Crippen molar-refractivity contribution in [1.82, 2.24) is 15.1 Å². The SMILES string of the molecule is CN1CC2CN(c3ccc(-c4ccccc4)nn3)CC21.O=C(O)C=CC(=O)O. The van der Waals surface area contributed by atoms with E-state index >= 15 is 0 Å². The Labute approximate surface area is 162 Å². The van der Waals surface area contributed by atoms with Gasteiger partial charge in [0.1, 0.15) is 0 Å². The quantitative estimate of drug-likeness (QED) is 0.768. The van der Waals surface area contributed by atoms with Crippen molar-refractivity contribution in [2.45, 2.75) is 6.04 Å². The fourth-order valence-electron chi connectivity index (χ4n) is 3.49. The maximum atomic E-state index is 9.55. The lowest BCUT2D eigenvalue weighted by Gasteiger charge is -2.40. The molecule has 2 fully saturated rings.